The van der Waals surface area contributed by atoms with E-state index in [0.717, 1.165) is 11.1 Å². The third kappa shape index (κ3) is 2.89. The Balaban J connectivity index is 2.20. The first-order chi connectivity index (χ1) is 8.25. The minimum absolute atomic E-state index is 0.0429. The molecule has 0 saturated heterocycles. The summed E-state index contributed by atoms with van der Waals surface area (Å²) in [4.78, 5) is 7.94. The highest BCUT2D eigenvalue weighted by molar-refractivity contribution is 5.92. The Kier molecular flexibility index (Phi) is 3.13. The highest BCUT2D eigenvalue weighted by atomic mass is 14.8. The van der Waals surface area contributed by atoms with Crippen LogP contribution in [0, 0.1) is 17.3 Å². The monoisotopic (exact) mass is 222 g/mol. The molecule has 4 nitrogen and oxygen atoms in total. The van der Waals surface area contributed by atoms with E-state index in [-0.39, 0.29) is 5.84 Å². The minimum atomic E-state index is -0.0429. The molecule has 3 N–H and O–H groups in total. The van der Waals surface area contributed by atoms with Crippen molar-refractivity contribution in [2.45, 2.75) is 0 Å². The fourth-order valence-corrected chi connectivity index (χ4v) is 1.21. The van der Waals surface area contributed by atoms with Gasteiger partial charge >= 0.3 is 0 Å². The Hall–Kier alpha value is -2.67. The number of hydrogen-bond acceptors (Lipinski definition) is 3. The molecule has 0 atom stereocenters. The van der Waals surface area contributed by atoms with Crippen LogP contribution in [0.3, 0.4) is 0 Å². The summed E-state index contributed by atoms with van der Waals surface area (Å²) in [6.45, 7) is 0. The molecule has 17 heavy (non-hydrogen) atoms. The summed E-state index contributed by atoms with van der Waals surface area (Å²) in [5.74, 6) is 5.93. The highest BCUT2D eigenvalue weighted by Gasteiger charge is 1.96. The first-order valence-corrected chi connectivity index (χ1v) is 4.98. The van der Waals surface area contributed by atoms with Crippen molar-refractivity contribution in [3.8, 4) is 11.8 Å². The number of nitrogens with two attached hydrogens (primary N) is 1. The van der Waals surface area contributed by atoms with Crippen LogP contribution in [0.1, 0.15) is 16.8 Å². The molecule has 0 aromatic carbocycles. The summed E-state index contributed by atoms with van der Waals surface area (Å²) in [6.07, 6.45) is 4.99. The van der Waals surface area contributed by atoms with Crippen molar-refractivity contribution >= 4 is 5.84 Å². The fraction of sp³-hybridized carbons (Fsp3) is 0. The topological polar surface area (TPSA) is 75.7 Å². The Labute approximate surface area is 99.0 Å². The molecular weight excluding hydrogens is 212 g/mol. The molecule has 2 rings (SSSR count). The zero-order valence-corrected chi connectivity index (χ0v) is 9.01. The van der Waals surface area contributed by atoms with Crippen LogP contribution in [0.2, 0.25) is 0 Å². The number of nitrogen functional groups attached to an aromatic ring is 1. The molecule has 0 aliphatic rings. The normalized spacial score (nSPS) is 9.18. The summed E-state index contributed by atoms with van der Waals surface area (Å²) in [5, 5.41) is 7.21. The lowest BCUT2D eigenvalue weighted by atomic mass is 10.2. The Morgan fingerprint density at radius 2 is 1.76 bits per heavy atom. The Morgan fingerprint density at radius 1 is 1.06 bits per heavy atom. The third-order valence-electron chi connectivity index (χ3n) is 2.07. The van der Waals surface area contributed by atoms with E-state index in [4.69, 9.17) is 11.1 Å². The van der Waals surface area contributed by atoms with Crippen molar-refractivity contribution in [1.29, 1.82) is 5.41 Å². The number of pyridine rings is 2. The molecular formula is C13H10N4. The SMILES string of the molecule is N=C(N)c1ccc(C#Cc2ccncc2)cn1. The molecule has 0 amide bonds. The molecule has 0 unspecified atom stereocenters. The Morgan fingerprint density at radius 3 is 2.35 bits per heavy atom. The third-order valence-corrected chi connectivity index (χ3v) is 2.07. The van der Waals surface area contributed by atoms with Crippen molar-refractivity contribution < 1.29 is 0 Å². The van der Waals surface area contributed by atoms with Crippen LogP contribution in [0.4, 0.5) is 0 Å². The number of amidine groups is 1. The zero-order chi connectivity index (χ0) is 12.1. The van der Waals surface area contributed by atoms with Gasteiger partial charge in [-0.25, -0.2) is 0 Å². The van der Waals surface area contributed by atoms with E-state index in [1.807, 2.05) is 12.1 Å². The van der Waals surface area contributed by atoms with Gasteiger partial charge in [0, 0.05) is 29.7 Å². The summed E-state index contributed by atoms with van der Waals surface area (Å²) in [6, 6.07) is 7.14. The second kappa shape index (κ2) is 4.90. The van der Waals surface area contributed by atoms with Crippen molar-refractivity contribution in [2.24, 2.45) is 5.73 Å². The number of aromatic nitrogens is 2. The molecule has 0 radical (unpaired) electrons. The van der Waals surface area contributed by atoms with Crippen LogP contribution in [0.5, 0.6) is 0 Å². The summed E-state index contributed by atoms with van der Waals surface area (Å²) in [5.41, 5.74) is 7.45. The van der Waals surface area contributed by atoms with Crippen LogP contribution >= 0.6 is 0 Å². The molecule has 0 aliphatic carbocycles. The van der Waals surface area contributed by atoms with E-state index < -0.39 is 0 Å². The molecule has 4 heteroatoms. The molecule has 2 aromatic heterocycles. The van der Waals surface area contributed by atoms with Gasteiger partial charge in [0.15, 0.2) is 0 Å². The van der Waals surface area contributed by atoms with Crippen LogP contribution < -0.4 is 5.73 Å². The van der Waals surface area contributed by atoms with Gasteiger partial charge in [-0.3, -0.25) is 15.4 Å². The van der Waals surface area contributed by atoms with E-state index in [1.54, 1.807) is 30.7 Å². The molecule has 0 spiro atoms. The number of nitrogens with zero attached hydrogens (tertiary/aromatic N) is 2. The molecule has 0 bridgehead atoms. The maximum absolute atomic E-state index is 7.21. The van der Waals surface area contributed by atoms with Crippen LogP contribution in [-0.2, 0) is 0 Å². The second-order valence-corrected chi connectivity index (χ2v) is 3.33. The lowest BCUT2D eigenvalue weighted by Crippen LogP contribution is -2.12. The van der Waals surface area contributed by atoms with Crippen molar-refractivity contribution in [3.05, 3.63) is 59.7 Å². The van der Waals surface area contributed by atoms with Gasteiger partial charge in [-0.15, -0.1) is 0 Å². The highest BCUT2D eigenvalue weighted by Crippen LogP contribution is 1.99. The first kappa shape index (κ1) is 10.8. The predicted molar refractivity (Wildman–Crippen MR) is 65.5 cm³/mol. The Bertz CT molecular complexity index is 576. The maximum atomic E-state index is 7.21. The van der Waals surface area contributed by atoms with Gasteiger partial charge in [0.1, 0.15) is 11.5 Å². The van der Waals surface area contributed by atoms with Gasteiger partial charge in [0.25, 0.3) is 0 Å². The predicted octanol–water partition coefficient (Wildman–Crippen LogP) is 1.16. The minimum Gasteiger partial charge on any atom is -0.382 e. The van der Waals surface area contributed by atoms with Gasteiger partial charge in [-0.05, 0) is 24.3 Å². The van der Waals surface area contributed by atoms with Crippen molar-refractivity contribution in [2.75, 3.05) is 0 Å². The smallest absolute Gasteiger partial charge is 0.141 e. The summed E-state index contributed by atoms with van der Waals surface area (Å²) < 4.78 is 0. The zero-order valence-electron chi connectivity index (χ0n) is 9.01. The average molecular weight is 222 g/mol. The largest absolute Gasteiger partial charge is 0.382 e. The van der Waals surface area contributed by atoms with E-state index in [9.17, 15) is 0 Å². The van der Waals surface area contributed by atoms with Crippen LogP contribution in [0.25, 0.3) is 0 Å². The molecule has 2 heterocycles. The van der Waals surface area contributed by atoms with Crippen molar-refractivity contribution in [1.82, 2.24) is 9.97 Å². The van der Waals surface area contributed by atoms with Gasteiger partial charge in [-0.2, -0.15) is 0 Å². The van der Waals surface area contributed by atoms with E-state index >= 15 is 0 Å². The van der Waals surface area contributed by atoms with Gasteiger partial charge < -0.3 is 5.73 Å². The lowest BCUT2D eigenvalue weighted by Gasteiger charge is -1.95. The number of nitrogens with one attached hydrogen (secondary N) is 1. The van der Waals surface area contributed by atoms with E-state index in [0.29, 0.717) is 5.69 Å². The average Bonchev–Trinajstić information content (AvgIpc) is 2.38. The lowest BCUT2D eigenvalue weighted by molar-refractivity contribution is 1.25. The first-order valence-electron chi connectivity index (χ1n) is 4.98. The second-order valence-electron chi connectivity index (χ2n) is 3.33. The fourth-order valence-electron chi connectivity index (χ4n) is 1.21. The molecule has 2 aromatic rings. The van der Waals surface area contributed by atoms with Gasteiger partial charge in [0.05, 0.1) is 0 Å². The molecule has 0 fully saturated rings. The van der Waals surface area contributed by atoms with Gasteiger partial charge in [0.2, 0.25) is 0 Å². The maximum Gasteiger partial charge on any atom is 0.141 e. The number of rotatable bonds is 1. The van der Waals surface area contributed by atoms with E-state index in [1.165, 1.54) is 0 Å². The summed E-state index contributed by atoms with van der Waals surface area (Å²) >= 11 is 0. The van der Waals surface area contributed by atoms with Crippen LogP contribution in [0.15, 0.2) is 42.9 Å². The number of hydrogen-bond donors (Lipinski definition) is 2. The molecule has 82 valence electrons. The van der Waals surface area contributed by atoms with Gasteiger partial charge in [-0.1, -0.05) is 11.8 Å². The van der Waals surface area contributed by atoms with Crippen LogP contribution in [-0.4, -0.2) is 15.8 Å². The molecule has 0 saturated carbocycles. The molecule has 0 aliphatic heterocycles. The quantitative estimate of drug-likeness (QED) is 0.432. The van der Waals surface area contributed by atoms with Crippen molar-refractivity contribution in [3.63, 3.8) is 0 Å². The van der Waals surface area contributed by atoms with E-state index in [2.05, 4.69) is 21.8 Å². The standard InChI is InChI=1S/C13H10N4/c14-13(15)12-4-3-11(9-17-12)2-1-10-5-7-16-8-6-10/h3-9H,(H3,14,15). The summed E-state index contributed by atoms with van der Waals surface area (Å²) in [7, 11) is 0.